The van der Waals surface area contributed by atoms with Gasteiger partial charge in [0.2, 0.25) is 0 Å². The molecule has 0 bridgehead atoms. The lowest BCUT2D eigenvalue weighted by Crippen LogP contribution is -1.98. The fourth-order valence-corrected chi connectivity index (χ4v) is 1.99. The second kappa shape index (κ2) is 5.16. The van der Waals surface area contributed by atoms with Gasteiger partial charge in [-0.2, -0.15) is 0 Å². The molecular weight excluding hydrogens is 230 g/mol. The molecule has 96 valence electrons. The molecule has 0 saturated heterocycles. The van der Waals surface area contributed by atoms with Crippen molar-refractivity contribution in [3.63, 3.8) is 0 Å². The molecule has 2 heterocycles. The molecule has 0 aliphatic carbocycles. The minimum absolute atomic E-state index is 0.111. The van der Waals surface area contributed by atoms with Crippen LogP contribution in [-0.4, -0.2) is 25.4 Å². The Morgan fingerprint density at radius 2 is 2.22 bits per heavy atom. The van der Waals surface area contributed by atoms with Crippen LogP contribution in [0.2, 0.25) is 0 Å². The first-order valence-electron chi connectivity index (χ1n) is 6.16. The van der Waals surface area contributed by atoms with E-state index in [2.05, 4.69) is 16.9 Å². The average molecular weight is 247 g/mol. The largest absolute Gasteiger partial charge is 0.481 e. The van der Waals surface area contributed by atoms with Crippen molar-refractivity contribution in [2.24, 2.45) is 0 Å². The summed E-state index contributed by atoms with van der Waals surface area (Å²) in [5.74, 6) is 0.0783. The molecule has 2 rings (SSSR count). The van der Waals surface area contributed by atoms with Crippen molar-refractivity contribution in [1.29, 1.82) is 0 Å². The summed E-state index contributed by atoms with van der Waals surface area (Å²) in [6, 6.07) is 0. The summed E-state index contributed by atoms with van der Waals surface area (Å²) in [6.07, 6.45) is 6.30. The number of imidazole rings is 1. The van der Waals surface area contributed by atoms with Gasteiger partial charge in [0.05, 0.1) is 12.1 Å². The highest BCUT2D eigenvalue weighted by Crippen LogP contribution is 2.14. The normalized spacial score (nSPS) is 11.0. The first-order chi connectivity index (χ1) is 8.61. The number of fused-ring (bicyclic) bond motifs is 1. The SMILES string of the molecule is CCCc1cnc(C)n2cc(CCC(=O)O)nc12. The minimum atomic E-state index is -0.796. The molecular formula is C13H17N3O2. The number of hydrogen-bond acceptors (Lipinski definition) is 3. The fraction of sp³-hybridized carbons (Fsp3) is 0.462. The number of aliphatic carboxylic acids is 1. The van der Waals surface area contributed by atoms with E-state index in [4.69, 9.17) is 5.11 Å². The number of carboxylic acids is 1. The summed E-state index contributed by atoms with van der Waals surface area (Å²) >= 11 is 0. The van der Waals surface area contributed by atoms with E-state index in [1.165, 1.54) is 0 Å². The van der Waals surface area contributed by atoms with Crippen LogP contribution in [0.4, 0.5) is 0 Å². The van der Waals surface area contributed by atoms with Gasteiger partial charge in [-0.25, -0.2) is 9.97 Å². The lowest BCUT2D eigenvalue weighted by atomic mass is 10.2. The molecule has 0 atom stereocenters. The van der Waals surface area contributed by atoms with Gasteiger partial charge in [-0.3, -0.25) is 9.20 Å². The maximum absolute atomic E-state index is 10.6. The quantitative estimate of drug-likeness (QED) is 0.877. The van der Waals surface area contributed by atoms with E-state index in [1.807, 2.05) is 23.7 Å². The second-order valence-corrected chi connectivity index (χ2v) is 4.40. The van der Waals surface area contributed by atoms with E-state index in [0.29, 0.717) is 6.42 Å². The van der Waals surface area contributed by atoms with Crippen LogP contribution in [0.15, 0.2) is 12.4 Å². The molecule has 5 heteroatoms. The zero-order chi connectivity index (χ0) is 13.1. The van der Waals surface area contributed by atoms with Crippen molar-refractivity contribution in [3.8, 4) is 0 Å². The Hall–Kier alpha value is -1.91. The van der Waals surface area contributed by atoms with Crippen LogP contribution in [0.25, 0.3) is 5.65 Å². The van der Waals surface area contributed by atoms with Crippen molar-refractivity contribution < 1.29 is 9.90 Å². The standard InChI is InChI=1S/C13H17N3O2/c1-3-4-10-7-14-9(2)16-8-11(15-13(10)16)5-6-12(17)18/h7-8H,3-6H2,1-2H3,(H,17,18). The molecule has 2 aromatic rings. The molecule has 2 aromatic heterocycles. The number of hydrogen-bond donors (Lipinski definition) is 1. The van der Waals surface area contributed by atoms with Gasteiger partial charge in [-0.1, -0.05) is 13.3 Å². The van der Waals surface area contributed by atoms with Gasteiger partial charge in [-0.15, -0.1) is 0 Å². The molecule has 0 amide bonds. The van der Waals surface area contributed by atoms with Crippen LogP contribution < -0.4 is 0 Å². The zero-order valence-corrected chi connectivity index (χ0v) is 10.7. The third-order valence-electron chi connectivity index (χ3n) is 2.91. The van der Waals surface area contributed by atoms with Gasteiger partial charge >= 0.3 is 5.97 Å². The van der Waals surface area contributed by atoms with E-state index in [9.17, 15) is 4.79 Å². The molecule has 0 fully saturated rings. The Morgan fingerprint density at radius 1 is 1.44 bits per heavy atom. The number of aryl methyl sites for hydroxylation is 3. The maximum Gasteiger partial charge on any atom is 0.303 e. The summed E-state index contributed by atoms with van der Waals surface area (Å²) in [4.78, 5) is 19.4. The number of nitrogens with zero attached hydrogens (tertiary/aromatic N) is 3. The Bertz CT molecular complexity index is 575. The molecule has 5 nitrogen and oxygen atoms in total. The predicted octanol–water partition coefficient (Wildman–Crippen LogP) is 2.01. The molecule has 0 radical (unpaired) electrons. The summed E-state index contributed by atoms with van der Waals surface area (Å²) in [5, 5.41) is 8.70. The van der Waals surface area contributed by atoms with Crippen LogP contribution in [0.5, 0.6) is 0 Å². The topological polar surface area (TPSA) is 67.5 Å². The van der Waals surface area contributed by atoms with Crippen molar-refractivity contribution in [2.45, 2.75) is 39.5 Å². The van der Waals surface area contributed by atoms with Crippen LogP contribution in [-0.2, 0) is 17.6 Å². The van der Waals surface area contributed by atoms with Crippen molar-refractivity contribution in [3.05, 3.63) is 29.5 Å². The van der Waals surface area contributed by atoms with Gasteiger partial charge in [0.1, 0.15) is 11.5 Å². The molecule has 1 N–H and O–H groups in total. The number of rotatable bonds is 5. The third kappa shape index (κ3) is 2.50. The van der Waals surface area contributed by atoms with E-state index in [-0.39, 0.29) is 6.42 Å². The molecule has 18 heavy (non-hydrogen) atoms. The predicted molar refractivity (Wildman–Crippen MR) is 67.7 cm³/mol. The Balaban J connectivity index is 2.38. The molecule has 0 aliphatic rings. The van der Waals surface area contributed by atoms with Crippen LogP contribution in [0, 0.1) is 6.92 Å². The van der Waals surface area contributed by atoms with Crippen molar-refractivity contribution >= 4 is 11.6 Å². The van der Waals surface area contributed by atoms with Gasteiger partial charge in [-0.05, 0) is 13.3 Å². The molecule has 0 spiro atoms. The van der Waals surface area contributed by atoms with Crippen molar-refractivity contribution in [2.75, 3.05) is 0 Å². The van der Waals surface area contributed by atoms with Gasteiger partial charge < -0.3 is 5.11 Å². The second-order valence-electron chi connectivity index (χ2n) is 4.40. The summed E-state index contributed by atoms with van der Waals surface area (Å²) in [5.41, 5.74) is 2.83. The fourth-order valence-electron chi connectivity index (χ4n) is 1.99. The molecule has 0 aliphatic heterocycles. The first-order valence-corrected chi connectivity index (χ1v) is 6.16. The first kappa shape index (κ1) is 12.5. The molecule has 0 saturated carbocycles. The highest BCUT2D eigenvalue weighted by atomic mass is 16.4. The van der Waals surface area contributed by atoms with E-state index >= 15 is 0 Å². The average Bonchev–Trinajstić information content (AvgIpc) is 2.75. The molecule has 0 unspecified atom stereocenters. The lowest BCUT2D eigenvalue weighted by Gasteiger charge is -2.03. The monoisotopic (exact) mass is 247 g/mol. The van der Waals surface area contributed by atoms with Crippen LogP contribution in [0.3, 0.4) is 0 Å². The summed E-state index contributed by atoms with van der Waals surface area (Å²) < 4.78 is 1.95. The smallest absolute Gasteiger partial charge is 0.303 e. The highest BCUT2D eigenvalue weighted by Gasteiger charge is 2.09. The summed E-state index contributed by atoms with van der Waals surface area (Å²) in [7, 11) is 0. The van der Waals surface area contributed by atoms with E-state index in [0.717, 1.165) is 35.6 Å². The lowest BCUT2D eigenvalue weighted by molar-refractivity contribution is -0.136. The Morgan fingerprint density at radius 3 is 2.89 bits per heavy atom. The van der Waals surface area contributed by atoms with Gasteiger partial charge in [0.25, 0.3) is 0 Å². The number of carboxylic acid groups (broad SMARTS) is 1. The molecule has 0 aromatic carbocycles. The number of carbonyl (C=O) groups is 1. The third-order valence-corrected chi connectivity index (χ3v) is 2.91. The van der Waals surface area contributed by atoms with E-state index in [1.54, 1.807) is 0 Å². The summed E-state index contributed by atoms with van der Waals surface area (Å²) in [6.45, 7) is 4.04. The Kier molecular flexibility index (Phi) is 3.60. The van der Waals surface area contributed by atoms with Crippen LogP contribution in [0.1, 0.15) is 36.8 Å². The zero-order valence-electron chi connectivity index (χ0n) is 10.7. The highest BCUT2D eigenvalue weighted by molar-refractivity contribution is 5.67. The van der Waals surface area contributed by atoms with Gasteiger partial charge in [0, 0.05) is 24.4 Å². The number of aromatic nitrogens is 3. The Labute approximate surface area is 105 Å². The van der Waals surface area contributed by atoms with Crippen molar-refractivity contribution in [1.82, 2.24) is 14.4 Å². The van der Waals surface area contributed by atoms with Crippen LogP contribution >= 0.6 is 0 Å². The van der Waals surface area contributed by atoms with Gasteiger partial charge in [0.15, 0.2) is 0 Å². The maximum atomic E-state index is 10.6. The van der Waals surface area contributed by atoms with E-state index < -0.39 is 5.97 Å². The minimum Gasteiger partial charge on any atom is -0.481 e.